The van der Waals surface area contributed by atoms with E-state index in [4.69, 9.17) is 20.9 Å². The minimum absolute atomic E-state index is 0.00774. The van der Waals surface area contributed by atoms with Gasteiger partial charge in [0.15, 0.2) is 0 Å². The molecule has 384 valence electrons. The first-order chi connectivity index (χ1) is 48.7. The van der Waals surface area contributed by atoms with Crippen LogP contribution in [0.5, 0.6) is 0 Å². The predicted molar refractivity (Wildman–Crippen MR) is 355 cm³/mol. The molecule has 18 aromatic rings. The van der Waals surface area contributed by atoms with Crippen LogP contribution in [0.1, 0.15) is 24.7 Å². The van der Waals surface area contributed by atoms with Crippen LogP contribution in [0.3, 0.4) is 0 Å². The van der Waals surface area contributed by atoms with E-state index >= 15 is 0 Å². The normalized spacial score (nSPS) is 14.9. The molecule has 0 saturated carbocycles. The van der Waals surface area contributed by atoms with Crippen LogP contribution >= 0.6 is 0 Å². The van der Waals surface area contributed by atoms with Crippen LogP contribution in [-0.4, -0.2) is 0 Å². The number of hydrogen-bond donors (Lipinski definition) is 0. The maximum atomic E-state index is 9.48. The molecule has 1 aromatic heterocycles. The van der Waals surface area contributed by atoms with Gasteiger partial charge in [-0.05, 0) is 189 Å². The molecule has 0 bridgehead atoms. The van der Waals surface area contributed by atoms with Gasteiger partial charge in [-0.1, -0.05) is 266 Å². The zero-order valence-corrected chi connectivity index (χ0v) is 43.9. The van der Waals surface area contributed by atoms with Crippen LogP contribution in [-0.2, 0) is 0 Å². The number of para-hydroxylation sites is 1. The second-order valence-corrected chi connectivity index (χ2v) is 20.8. The first-order valence-electron chi connectivity index (χ1n) is 36.3. The van der Waals surface area contributed by atoms with Crippen LogP contribution in [0.2, 0.25) is 0 Å². The van der Waals surface area contributed by atoms with Gasteiger partial charge in [-0.25, -0.2) is 0 Å². The van der Waals surface area contributed by atoms with E-state index in [0.717, 1.165) is 21.9 Å². The zero-order valence-electron chi connectivity index (χ0n) is 61.9. The van der Waals surface area contributed by atoms with E-state index in [1.807, 2.05) is 12.1 Å². The summed E-state index contributed by atoms with van der Waals surface area (Å²) in [6.45, 7) is 0. The fourth-order valence-electron chi connectivity index (χ4n) is 12.4. The Balaban J connectivity index is 0.000000167. The predicted octanol–water partition coefficient (Wildman–Crippen LogP) is 23.4. The Hall–Kier alpha value is -10.9. The molecule has 1 nitrogen and oxygen atoms in total. The van der Waals surface area contributed by atoms with E-state index in [9.17, 15) is 8.22 Å². The van der Waals surface area contributed by atoms with Gasteiger partial charge < -0.3 is 4.42 Å². The molecule has 1 heteroatoms. The Labute approximate surface area is 505 Å². The SMILES string of the molecule is [2H]c1c([2H])c2c([2H])c([2H])c3c([2H])c([2H])c(-c4cc(-c5ccccc5)cc(-c5c([2H])c([2H])c6c([2H])c([2H])c7c([2H])c([2H])c([2H])c8c([2H])c([2H])c5c6c78)c4)c4c([2H])c([2H])c(c1[2H])c2c34.c1ccc(-c2ccc(-c3c4ccccc4c(-c4ccc5oc6ccccc6c5c4)c4ccccc34)cc2)cc1. The van der Waals surface area contributed by atoms with Crippen molar-refractivity contribution in [2.75, 3.05) is 0 Å². The molecule has 0 N–H and O–H groups in total. The lowest BCUT2D eigenvalue weighted by Gasteiger charge is -2.18. The molecule has 0 spiro atoms. The Morgan fingerprint density at radius 3 is 1.10 bits per heavy atom. The van der Waals surface area contributed by atoms with E-state index in [0.29, 0.717) is 11.1 Å². The average molecular weight is 1070 g/mol. The maximum absolute atomic E-state index is 9.48. The molecule has 0 radical (unpaired) electrons. The second kappa shape index (κ2) is 18.9. The van der Waals surface area contributed by atoms with Gasteiger partial charge in [-0.2, -0.15) is 0 Å². The van der Waals surface area contributed by atoms with E-state index in [-0.39, 0.29) is 86.9 Å². The summed E-state index contributed by atoms with van der Waals surface area (Å²) in [5.74, 6) is 0. The Kier molecular flexibility index (Phi) is 7.37. The standard InChI is InChI=1S/C44H26.C38H24O/c1-2-6-27(7-3-1)34-24-35(37-20-16-32-14-12-28-8-4-10-30-18-22-39(37)43(32)41(28)30)26-36(25-34)38-21-17-33-15-13-29-9-5-11-31-19-23-40(38)44(33)42(29)31;1-2-10-25(11-3-1)26-18-20-27(21-19-26)37-30-13-4-6-15-32(30)38(33-16-7-5-14-31(33)37)28-22-23-36-34(24-28)29-12-8-9-17-35(29)39-36/h1-26H;1-24H/i4D,5D,8D,9D,10D,11D,12D,13D,14D,15D,16D,17D,18D,19D,20D,21D,22D,23D;. The minimum Gasteiger partial charge on any atom is -0.456 e. The Morgan fingerprint density at radius 1 is 0.217 bits per heavy atom. The van der Waals surface area contributed by atoms with Crippen LogP contribution < -0.4 is 0 Å². The lowest BCUT2D eigenvalue weighted by Crippen LogP contribution is -1.91. The third-order valence-corrected chi connectivity index (χ3v) is 16.1. The van der Waals surface area contributed by atoms with Gasteiger partial charge in [0.1, 0.15) is 11.2 Å². The molecule has 0 unspecified atom stereocenters. The van der Waals surface area contributed by atoms with Crippen molar-refractivity contribution >= 4 is 108 Å². The van der Waals surface area contributed by atoms with Crippen LogP contribution in [0.15, 0.2) is 307 Å². The quantitative estimate of drug-likeness (QED) is 0.119. The third kappa shape index (κ3) is 7.63. The first-order valence-corrected chi connectivity index (χ1v) is 27.3. The summed E-state index contributed by atoms with van der Waals surface area (Å²) in [7, 11) is 0. The van der Waals surface area contributed by atoms with Gasteiger partial charge in [0.25, 0.3) is 0 Å². The van der Waals surface area contributed by atoms with Gasteiger partial charge in [-0.3, -0.25) is 0 Å². The largest absolute Gasteiger partial charge is 0.456 e. The van der Waals surface area contributed by atoms with Gasteiger partial charge in [0.05, 0.1) is 24.7 Å². The molecule has 0 fully saturated rings. The van der Waals surface area contributed by atoms with Gasteiger partial charge >= 0.3 is 0 Å². The fourth-order valence-corrected chi connectivity index (χ4v) is 12.4. The molecule has 83 heavy (non-hydrogen) atoms. The summed E-state index contributed by atoms with van der Waals surface area (Å²) in [5.41, 5.74) is 10.5. The van der Waals surface area contributed by atoms with Crippen molar-refractivity contribution in [2.45, 2.75) is 0 Å². The minimum atomic E-state index is -0.600. The molecule has 0 atom stereocenters. The Bertz CT molecular complexity index is 6320. The molecule has 0 aliphatic heterocycles. The zero-order chi connectivity index (χ0) is 70.2. The van der Waals surface area contributed by atoms with Crippen molar-refractivity contribution < 1.29 is 29.1 Å². The number of furan rings is 1. The highest BCUT2D eigenvalue weighted by Gasteiger charge is 2.20. The van der Waals surface area contributed by atoms with E-state index in [1.54, 1.807) is 42.5 Å². The highest BCUT2D eigenvalue weighted by molar-refractivity contribution is 6.28. The van der Waals surface area contributed by atoms with Crippen molar-refractivity contribution in [3.8, 4) is 66.8 Å². The first kappa shape index (κ1) is 32.4. The molecule has 0 aliphatic rings. The summed E-state index contributed by atoms with van der Waals surface area (Å²) in [6, 6.07) is 56.2. The lowest BCUT2D eigenvalue weighted by atomic mass is 9.85. The van der Waals surface area contributed by atoms with Crippen molar-refractivity contribution in [1.29, 1.82) is 0 Å². The number of rotatable bonds is 6. The average Bonchev–Trinajstić information content (AvgIpc) is 0.947. The molecule has 18 rings (SSSR count). The summed E-state index contributed by atoms with van der Waals surface area (Å²) in [6.07, 6.45) is 0. The highest BCUT2D eigenvalue weighted by atomic mass is 16.3. The third-order valence-electron chi connectivity index (χ3n) is 16.1. The number of benzene rings is 17. The fraction of sp³-hybridized carbons (Fsp3) is 0. The molecule has 0 amide bonds. The van der Waals surface area contributed by atoms with E-state index in [2.05, 4.69) is 133 Å². The summed E-state index contributed by atoms with van der Waals surface area (Å²) >= 11 is 0. The van der Waals surface area contributed by atoms with Crippen molar-refractivity contribution in [3.63, 3.8) is 0 Å². The molecular formula is C82H50O. The monoisotopic (exact) mass is 1070 g/mol. The van der Waals surface area contributed by atoms with E-state index < -0.39 is 109 Å². The van der Waals surface area contributed by atoms with Crippen molar-refractivity contribution in [2.24, 2.45) is 0 Å². The summed E-state index contributed by atoms with van der Waals surface area (Å²) in [5, 5.41) is 5.80. The maximum Gasteiger partial charge on any atom is 0.135 e. The van der Waals surface area contributed by atoms with E-state index in [1.165, 1.54) is 61.0 Å². The highest BCUT2D eigenvalue weighted by Crippen LogP contribution is 2.47. The van der Waals surface area contributed by atoms with Crippen LogP contribution in [0, 0.1) is 0 Å². The summed E-state index contributed by atoms with van der Waals surface area (Å²) in [4.78, 5) is 0. The summed E-state index contributed by atoms with van der Waals surface area (Å²) < 4.78 is 168. The van der Waals surface area contributed by atoms with Crippen molar-refractivity contribution in [1.82, 2.24) is 0 Å². The smallest absolute Gasteiger partial charge is 0.135 e. The Morgan fingerprint density at radius 2 is 0.578 bits per heavy atom. The molecule has 1 heterocycles. The van der Waals surface area contributed by atoms with Gasteiger partial charge in [-0.15, -0.1) is 0 Å². The number of fused-ring (bicyclic) bond motifs is 5. The second-order valence-electron chi connectivity index (χ2n) is 20.8. The molecule has 0 aliphatic carbocycles. The molecule has 0 saturated heterocycles. The van der Waals surface area contributed by atoms with Gasteiger partial charge in [0, 0.05) is 10.8 Å². The van der Waals surface area contributed by atoms with Gasteiger partial charge in [0.2, 0.25) is 0 Å². The topological polar surface area (TPSA) is 13.1 Å². The molecule has 17 aromatic carbocycles. The lowest BCUT2D eigenvalue weighted by molar-refractivity contribution is 0.669. The van der Waals surface area contributed by atoms with Crippen LogP contribution in [0.25, 0.3) is 175 Å². The molecular weight excluding hydrogens is 1000 g/mol. The van der Waals surface area contributed by atoms with Crippen molar-refractivity contribution in [3.05, 3.63) is 303 Å². The number of hydrogen-bond acceptors (Lipinski definition) is 1. The van der Waals surface area contributed by atoms with Crippen LogP contribution in [0.4, 0.5) is 0 Å².